The number of aldehydes is 1. The lowest BCUT2D eigenvalue weighted by molar-refractivity contribution is -0.127. The van der Waals surface area contributed by atoms with E-state index in [9.17, 15) is 9.59 Å². The van der Waals surface area contributed by atoms with Gasteiger partial charge in [-0.25, -0.2) is 0 Å². The summed E-state index contributed by atoms with van der Waals surface area (Å²) >= 11 is 0. The molecular formula is C7H10O2. The number of Topliss-reactive ketones (excluding diaryl/α,β-unsaturated/α-hetero) is 1. The summed E-state index contributed by atoms with van der Waals surface area (Å²) in [5, 5.41) is 0. The number of hydrogen-bond donors (Lipinski definition) is 0. The van der Waals surface area contributed by atoms with Crippen molar-refractivity contribution < 1.29 is 9.59 Å². The van der Waals surface area contributed by atoms with Gasteiger partial charge in [-0.3, -0.25) is 4.79 Å². The average molecular weight is 126 g/mol. The van der Waals surface area contributed by atoms with Crippen LogP contribution in [0.1, 0.15) is 25.7 Å². The molecule has 0 unspecified atom stereocenters. The molecule has 50 valence electrons. The molecule has 0 aromatic carbocycles. The average Bonchev–Trinajstić information content (AvgIpc) is 1.60. The first-order chi connectivity index (χ1) is 4.34. The summed E-state index contributed by atoms with van der Waals surface area (Å²) in [6.07, 6.45) is 4.00. The number of carbonyl (C=O) groups excluding carboxylic acids is 2. The van der Waals surface area contributed by atoms with Gasteiger partial charge in [0.25, 0.3) is 0 Å². The Labute approximate surface area is 54.2 Å². The van der Waals surface area contributed by atoms with E-state index in [2.05, 4.69) is 0 Å². The summed E-state index contributed by atoms with van der Waals surface area (Å²) in [5.74, 6) is 0.367. The highest BCUT2D eigenvalue weighted by Gasteiger charge is 2.23. The largest absolute Gasteiger partial charge is 0.303 e. The third-order valence-corrected chi connectivity index (χ3v) is 1.85. The van der Waals surface area contributed by atoms with Crippen molar-refractivity contribution in [1.82, 2.24) is 0 Å². The van der Waals surface area contributed by atoms with Crippen LogP contribution in [-0.4, -0.2) is 12.1 Å². The van der Waals surface area contributed by atoms with Gasteiger partial charge in [-0.1, -0.05) is 6.42 Å². The molecule has 1 rings (SSSR count). The van der Waals surface area contributed by atoms with Gasteiger partial charge in [0, 0.05) is 5.92 Å². The van der Waals surface area contributed by atoms with Crippen LogP contribution in [0, 0.1) is 5.92 Å². The molecule has 0 N–H and O–H groups in total. The fourth-order valence-electron chi connectivity index (χ4n) is 0.979. The van der Waals surface area contributed by atoms with E-state index in [-0.39, 0.29) is 18.1 Å². The van der Waals surface area contributed by atoms with Crippen molar-refractivity contribution in [3.63, 3.8) is 0 Å². The highest BCUT2D eigenvalue weighted by molar-refractivity contribution is 5.91. The Morgan fingerprint density at radius 1 is 1.56 bits per heavy atom. The Hall–Kier alpha value is -0.660. The summed E-state index contributed by atoms with van der Waals surface area (Å²) < 4.78 is 0. The first-order valence-electron chi connectivity index (χ1n) is 3.31. The van der Waals surface area contributed by atoms with Crippen molar-refractivity contribution in [2.24, 2.45) is 5.92 Å². The summed E-state index contributed by atoms with van der Waals surface area (Å²) in [7, 11) is 0. The third-order valence-electron chi connectivity index (χ3n) is 1.85. The van der Waals surface area contributed by atoms with E-state index in [1.807, 2.05) is 0 Å². The summed E-state index contributed by atoms with van der Waals surface area (Å²) in [4.78, 5) is 20.6. The van der Waals surface area contributed by atoms with Crippen molar-refractivity contribution >= 4 is 12.1 Å². The van der Waals surface area contributed by atoms with Crippen LogP contribution in [0.15, 0.2) is 0 Å². The summed E-state index contributed by atoms with van der Waals surface area (Å²) in [6, 6.07) is 0. The Balaban J connectivity index is 2.23. The van der Waals surface area contributed by atoms with E-state index in [4.69, 9.17) is 0 Å². The molecule has 0 amide bonds. The lowest BCUT2D eigenvalue weighted by atomic mass is 9.81. The topological polar surface area (TPSA) is 34.1 Å². The van der Waals surface area contributed by atoms with Gasteiger partial charge in [-0.15, -0.1) is 0 Å². The molecule has 0 bridgehead atoms. The fraction of sp³-hybridized carbons (Fsp3) is 0.714. The monoisotopic (exact) mass is 126 g/mol. The number of hydrogen-bond acceptors (Lipinski definition) is 2. The minimum Gasteiger partial charge on any atom is -0.303 e. The Kier molecular flexibility index (Phi) is 1.98. The third kappa shape index (κ3) is 1.37. The van der Waals surface area contributed by atoms with E-state index >= 15 is 0 Å². The molecule has 0 saturated heterocycles. The standard InChI is InChI=1S/C7H10O2/c8-5-4-7(9)6-2-1-3-6/h5-6H,1-4H2. The molecule has 0 aromatic rings. The van der Waals surface area contributed by atoms with E-state index in [0.717, 1.165) is 19.3 Å². The predicted octanol–water partition coefficient (Wildman–Crippen LogP) is 0.945. The first-order valence-corrected chi connectivity index (χ1v) is 3.31. The van der Waals surface area contributed by atoms with E-state index in [1.54, 1.807) is 0 Å². The van der Waals surface area contributed by atoms with Gasteiger partial charge in [0.2, 0.25) is 0 Å². The number of ketones is 1. The molecule has 0 aromatic heterocycles. The molecule has 0 aliphatic heterocycles. The molecule has 9 heavy (non-hydrogen) atoms. The molecule has 1 saturated carbocycles. The number of carbonyl (C=O) groups is 2. The highest BCUT2D eigenvalue weighted by atomic mass is 16.1. The SMILES string of the molecule is O=CCC(=O)C1CCC1. The van der Waals surface area contributed by atoms with Crippen LogP contribution < -0.4 is 0 Å². The first kappa shape index (κ1) is 6.46. The van der Waals surface area contributed by atoms with Gasteiger partial charge in [0.15, 0.2) is 0 Å². The Bertz CT molecular complexity index is 125. The van der Waals surface area contributed by atoms with Crippen LogP contribution >= 0.6 is 0 Å². The molecule has 2 heteroatoms. The second-order valence-corrected chi connectivity index (χ2v) is 2.46. The van der Waals surface area contributed by atoms with E-state index in [0.29, 0.717) is 6.29 Å². The second-order valence-electron chi connectivity index (χ2n) is 2.46. The van der Waals surface area contributed by atoms with Gasteiger partial charge in [-0.2, -0.15) is 0 Å². The maximum atomic E-state index is 10.8. The van der Waals surface area contributed by atoms with Crippen LogP contribution in [0.5, 0.6) is 0 Å². The van der Waals surface area contributed by atoms with Crippen LogP contribution in [0.25, 0.3) is 0 Å². The molecule has 1 aliphatic rings. The lowest BCUT2D eigenvalue weighted by Gasteiger charge is -2.22. The Morgan fingerprint density at radius 2 is 2.22 bits per heavy atom. The van der Waals surface area contributed by atoms with E-state index < -0.39 is 0 Å². The Morgan fingerprint density at radius 3 is 2.56 bits per heavy atom. The summed E-state index contributed by atoms with van der Waals surface area (Å²) in [5.41, 5.74) is 0. The van der Waals surface area contributed by atoms with E-state index in [1.165, 1.54) is 0 Å². The van der Waals surface area contributed by atoms with Crippen molar-refractivity contribution in [3.05, 3.63) is 0 Å². The highest BCUT2D eigenvalue weighted by Crippen LogP contribution is 2.27. The quantitative estimate of drug-likeness (QED) is 0.416. The maximum absolute atomic E-state index is 10.8. The van der Waals surface area contributed by atoms with Crippen molar-refractivity contribution in [3.8, 4) is 0 Å². The molecule has 0 atom stereocenters. The molecule has 2 nitrogen and oxygen atoms in total. The van der Waals surface area contributed by atoms with Crippen LogP contribution in [0.2, 0.25) is 0 Å². The van der Waals surface area contributed by atoms with Crippen LogP contribution in [-0.2, 0) is 9.59 Å². The van der Waals surface area contributed by atoms with Gasteiger partial charge >= 0.3 is 0 Å². The van der Waals surface area contributed by atoms with Gasteiger partial charge < -0.3 is 4.79 Å². The zero-order chi connectivity index (χ0) is 6.69. The fourth-order valence-corrected chi connectivity index (χ4v) is 0.979. The molecular weight excluding hydrogens is 116 g/mol. The smallest absolute Gasteiger partial charge is 0.143 e. The minimum atomic E-state index is 0.130. The van der Waals surface area contributed by atoms with Gasteiger partial charge in [0.1, 0.15) is 12.1 Å². The van der Waals surface area contributed by atoms with Crippen molar-refractivity contribution in [2.45, 2.75) is 25.7 Å². The van der Waals surface area contributed by atoms with Gasteiger partial charge in [-0.05, 0) is 12.8 Å². The lowest BCUT2D eigenvalue weighted by Crippen LogP contribution is -2.21. The van der Waals surface area contributed by atoms with Crippen molar-refractivity contribution in [1.29, 1.82) is 0 Å². The predicted molar refractivity (Wildman–Crippen MR) is 33.0 cm³/mol. The minimum absolute atomic E-state index is 0.130. The molecule has 0 spiro atoms. The summed E-state index contributed by atoms with van der Waals surface area (Å²) in [6.45, 7) is 0. The molecule has 0 heterocycles. The number of rotatable bonds is 3. The van der Waals surface area contributed by atoms with Gasteiger partial charge in [0.05, 0.1) is 6.42 Å². The molecule has 1 aliphatic carbocycles. The molecule has 1 fully saturated rings. The normalized spacial score (nSPS) is 18.7. The molecule has 0 radical (unpaired) electrons. The maximum Gasteiger partial charge on any atom is 0.143 e. The second kappa shape index (κ2) is 2.76. The van der Waals surface area contributed by atoms with Crippen LogP contribution in [0.3, 0.4) is 0 Å². The zero-order valence-corrected chi connectivity index (χ0v) is 5.30. The van der Waals surface area contributed by atoms with Crippen LogP contribution in [0.4, 0.5) is 0 Å². The zero-order valence-electron chi connectivity index (χ0n) is 5.30. The van der Waals surface area contributed by atoms with Crippen molar-refractivity contribution in [2.75, 3.05) is 0 Å².